The number of carbonyl (C=O) groups is 1. The van der Waals surface area contributed by atoms with Crippen molar-refractivity contribution < 1.29 is 13.9 Å². The molecule has 0 saturated carbocycles. The third-order valence-electron chi connectivity index (χ3n) is 4.32. The zero-order valence-corrected chi connectivity index (χ0v) is 18.8. The monoisotopic (exact) mass is 507 g/mol. The molecule has 4 N–H and O–H groups in total. The van der Waals surface area contributed by atoms with E-state index >= 15 is 0 Å². The van der Waals surface area contributed by atoms with Crippen molar-refractivity contribution in [3.8, 4) is 5.75 Å². The van der Waals surface area contributed by atoms with Crippen LogP contribution < -0.4 is 21.1 Å². The van der Waals surface area contributed by atoms with Crippen molar-refractivity contribution in [2.75, 3.05) is 32.7 Å². The lowest BCUT2D eigenvalue weighted by molar-refractivity contribution is -0.119. The second kappa shape index (κ2) is 12.8. The molecule has 2 rings (SSSR count). The number of rotatable bonds is 8. The second-order valence-corrected chi connectivity index (χ2v) is 6.74. The van der Waals surface area contributed by atoms with Crippen molar-refractivity contribution in [1.82, 2.24) is 15.5 Å². The fourth-order valence-electron chi connectivity index (χ4n) is 2.98. The van der Waals surface area contributed by atoms with Crippen LogP contribution in [0.4, 0.5) is 4.39 Å². The van der Waals surface area contributed by atoms with E-state index in [4.69, 9.17) is 10.5 Å². The van der Waals surface area contributed by atoms with Crippen LogP contribution in [0.2, 0.25) is 0 Å². The number of amides is 1. The highest BCUT2D eigenvalue weighted by Gasteiger charge is 2.21. The van der Waals surface area contributed by atoms with E-state index in [0.29, 0.717) is 13.1 Å². The van der Waals surface area contributed by atoms with Crippen LogP contribution >= 0.6 is 24.0 Å². The number of carbonyl (C=O) groups excluding carboxylic acids is 1. The molecule has 1 aromatic carbocycles. The predicted octanol–water partition coefficient (Wildman–Crippen LogP) is 1.72. The minimum Gasteiger partial charge on any atom is -0.486 e. The van der Waals surface area contributed by atoms with E-state index in [-0.39, 0.29) is 53.6 Å². The van der Waals surface area contributed by atoms with E-state index in [1.807, 2.05) is 13.8 Å². The Hall–Kier alpha value is -1.62. The molecule has 1 aliphatic rings. The van der Waals surface area contributed by atoms with Gasteiger partial charge in [-0.3, -0.25) is 9.69 Å². The Bertz CT molecular complexity index is 639. The van der Waals surface area contributed by atoms with Gasteiger partial charge in [0, 0.05) is 25.7 Å². The fourth-order valence-corrected chi connectivity index (χ4v) is 2.98. The third-order valence-corrected chi connectivity index (χ3v) is 4.32. The summed E-state index contributed by atoms with van der Waals surface area (Å²) in [7, 11) is 0. The number of hydrogen-bond acceptors (Lipinski definition) is 4. The maximum atomic E-state index is 13.7. The van der Waals surface area contributed by atoms with Crippen LogP contribution in [0, 0.1) is 5.82 Å². The van der Waals surface area contributed by atoms with Gasteiger partial charge in [-0.15, -0.1) is 24.0 Å². The molecule has 158 valence electrons. The Kier molecular flexibility index (Phi) is 11.1. The number of benzene rings is 1. The van der Waals surface area contributed by atoms with Gasteiger partial charge in [-0.25, -0.2) is 9.38 Å². The lowest BCUT2D eigenvalue weighted by Gasteiger charge is -2.32. The third kappa shape index (κ3) is 8.59. The smallest absolute Gasteiger partial charge is 0.231 e. The van der Waals surface area contributed by atoms with Gasteiger partial charge in [0.25, 0.3) is 0 Å². The van der Waals surface area contributed by atoms with Crippen molar-refractivity contribution in [3.05, 3.63) is 30.1 Å². The van der Waals surface area contributed by atoms with Crippen molar-refractivity contribution in [2.45, 2.75) is 38.8 Å². The predicted molar refractivity (Wildman–Crippen MR) is 120 cm³/mol. The average molecular weight is 507 g/mol. The molecule has 1 aliphatic heterocycles. The quantitative estimate of drug-likeness (QED) is 0.283. The molecule has 1 heterocycles. The number of aliphatic imine (C=N–C) groups is 1. The molecule has 28 heavy (non-hydrogen) atoms. The Balaban J connectivity index is 0.00000392. The normalized spacial score (nSPS) is 16.8. The summed E-state index contributed by atoms with van der Waals surface area (Å²) in [6, 6.07) is 6.65. The summed E-state index contributed by atoms with van der Waals surface area (Å²) in [5.74, 6) is 0.288. The van der Waals surface area contributed by atoms with Crippen molar-refractivity contribution in [3.63, 3.8) is 0 Å². The maximum absolute atomic E-state index is 13.7. The van der Waals surface area contributed by atoms with Gasteiger partial charge in [0.15, 0.2) is 17.5 Å². The summed E-state index contributed by atoms with van der Waals surface area (Å²) in [5.41, 5.74) is 5.25. The second-order valence-electron chi connectivity index (χ2n) is 6.74. The zero-order valence-electron chi connectivity index (χ0n) is 16.5. The van der Waals surface area contributed by atoms with Gasteiger partial charge >= 0.3 is 0 Å². The SMILES string of the molecule is CCNC(=NCC(C)Oc1ccccc1F)NC1CCN(CC(N)=O)CC1.I. The Morgan fingerprint density at radius 3 is 2.68 bits per heavy atom. The lowest BCUT2D eigenvalue weighted by Crippen LogP contribution is -2.50. The number of primary amides is 1. The highest BCUT2D eigenvalue weighted by Crippen LogP contribution is 2.17. The van der Waals surface area contributed by atoms with Crippen LogP contribution in [-0.4, -0.2) is 61.6 Å². The number of piperidine rings is 1. The molecule has 1 amide bonds. The standard InChI is InChI=1S/C19H30FN5O2.HI/c1-3-22-19(24-15-8-10-25(11-9-15)13-18(21)26)23-12-14(2)27-17-7-5-4-6-16(17)20;/h4-7,14-15H,3,8-13H2,1-2H3,(H2,21,26)(H2,22,23,24);1H. The first kappa shape index (κ1) is 24.4. The average Bonchev–Trinajstić information content (AvgIpc) is 2.63. The molecule has 1 fully saturated rings. The van der Waals surface area contributed by atoms with E-state index in [9.17, 15) is 9.18 Å². The number of nitrogens with two attached hydrogens (primary N) is 1. The molecular formula is C19H31FIN5O2. The van der Waals surface area contributed by atoms with Crippen LogP contribution in [0.1, 0.15) is 26.7 Å². The molecule has 0 radical (unpaired) electrons. The van der Waals surface area contributed by atoms with Gasteiger partial charge in [-0.2, -0.15) is 0 Å². The molecule has 1 atom stereocenters. The maximum Gasteiger partial charge on any atom is 0.231 e. The minimum absolute atomic E-state index is 0. The van der Waals surface area contributed by atoms with Gasteiger partial charge in [-0.05, 0) is 38.8 Å². The Labute approximate surface area is 183 Å². The molecule has 0 bridgehead atoms. The molecule has 1 saturated heterocycles. The van der Waals surface area contributed by atoms with Crippen molar-refractivity contribution in [2.24, 2.45) is 10.7 Å². The van der Waals surface area contributed by atoms with E-state index in [1.165, 1.54) is 6.07 Å². The number of hydrogen-bond donors (Lipinski definition) is 3. The molecule has 7 nitrogen and oxygen atoms in total. The lowest BCUT2D eigenvalue weighted by atomic mass is 10.1. The van der Waals surface area contributed by atoms with Crippen LogP contribution in [0.15, 0.2) is 29.3 Å². The minimum atomic E-state index is -0.374. The van der Waals surface area contributed by atoms with Gasteiger partial charge in [-0.1, -0.05) is 12.1 Å². The molecule has 9 heteroatoms. The molecule has 0 aliphatic carbocycles. The number of nitrogens with one attached hydrogen (secondary N) is 2. The number of likely N-dealkylation sites (tertiary alicyclic amines) is 1. The van der Waals surface area contributed by atoms with E-state index < -0.39 is 0 Å². The summed E-state index contributed by atoms with van der Waals surface area (Å²) >= 11 is 0. The van der Waals surface area contributed by atoms with E-state index in [2.05, 4.69) is 20.5 Å². The first-order chi connectivity index (χ1) is 13.0. The van der Waals surface area contributed by atoms with Crippen molar-refractivity contribution >= 4 is 35.8 Å². The van der Waals surface area contributed by atoms with Gasteiger partial charge < -0.3 is 21.1 Å². The summed E-state index contributed by atoms with van der Waals surface area (Å²) in [6.07, 6.45) is 1.58. The molecular weight excluding hydrogens is 476 g/mol. The number of ether oxygens (including phenoxy) is 1. The summed E-state index contributed by atoms with van der Waals surface area (Å²) in [5, 5.41) is 6.65. The number of guanidine groups is 1. The Morgan fingerprint density at radius 1 is 1.39 bits per heavy atom. The molecule has 0 aromatic heterocycles. The van der Waals surface area contributed by atoms with Gasteiger partial charge in [0.05, 0.1) is 13.1 Å². The fraction of sp³-hybridized carbons (Fsp3) is 0.579. The molecule has 1 unspecified atom stereocenters. The molecule has 0 spiro atoms. The van der Waals surface area contributed by atoms with Gasteiger partial charge in [0.1, 0.15) is 6.10 Å². The van der Waals surface area contributed by atoms with Crippen molar-refractivity contribution in [1.29, 1.82) is 0 Å². The van der Waals surface area contributed by atoms with Crippen LogP contribution in [0.3, 0.4) is 0 Å². The van der Waals surface area contributed by atoms with Gasteiger partial charge in [0.2, 0.25) is 5.91 Å². The topological polar surface area (TPSA) is 92.0 Å². The van der Waals surface area contributed by atoms with Crippen LogP contribution in [0.5, 0.6) is 5.75 Å². The molecule has 1 aromatic rings. The van der Waals surface area contributed by atoms with E-state index in [0.717, 1.165) is 38.4 Å². The van der Waals surface area contributed by atoms with Crippen LogP contribution in [0.25, 0.3) is 0 Å². The number of para-hydroxylation sites is 1. The summed E-state index contributed by atoms with van der Waals surface area (Å²) in [4.78, 5) is 17.6. The summed E-state index contributed by atoms with van der Waals surface area (Å²) < 4.78 is 19.3. The highest BCUT2D eigenvalue weighted by atomic mass is 127. The largest absolute Gasteiger partial charge is 0.486 e. The Morgan fingerprint density at radius 2 is 2.07 bits per heavy atom. The van der Waals surface area contributed by atoms with Crippen LogP contribution in [-0.2, 0) is 4.79 Å². The summed E-state index contributed by atoms with van der Waals surface area (Å²) in [6.45, 7) is 6.98. The number of halogens is 2. The first-order valence-electron chi connectivity index (χ1n) is 9.44. The zero-order chi connectivity index (χ0) is 19.6. The first-order valence-corrected chi connectivity index (χ1v) is 9.44. The van der Waals surface area contributed by atoms with E-state index in [1.54, 1.807) is 18.2 Å². The highest BCUT2D eigenvalue weighted by molar-refractivity contribution is 14.0. The number of nitrogens with zero attached hydrogens (tertiary/aromatic N) is 2.